The van der Waals surface area contributed by atoms with E-state index in [1.165, 1.54) is 12.1 Å². The van der Waals surface area contributed by atoms with Gasteiger partial charge >= 0.3 is 5.97 Å². The number of amides is 1. The van der Waals surface area contributed by atoms with Crippen LogP contribution in [0.4, 0.5) is 5.69 Å². The number of ether oxygens (including phenoxy) is 1. The van der Waals surface area contributed by atoms with Crippen LogP contribution in [0.3, 0.4) is 0 Å². The molecule has 1 amide bonds. The molecule has 0 aromatic heterocycles. The zero-order valence-electron chi connectivity index (χ0n) is 15.9. The van der Waals surface area contributed by atoms with Crippen molar-refractivity contribution in [3.63, 3.8) is 0 Å². The van der Waals surface area contributed by atoms with Crippen LogP contribution < -0.4 is 10.5 Å². The van der Waals surface area contributed by atoms with Gasteiger partial charge in [0.2, 0.25) is 10.0 Å². The van der Waals surface area contributed by atoms with E-state index in [1.807, 2.05) is 12.1 Å². The molecule has 0 aliphatic rings. The molecular weight excluding hydrogens is 380 g/mol. The van der Waals surface area contributed by atoms with Gasteiger partial charge in [-0.25, -0.2) is 18.4 Å². The first-order valence-corrected chi connectivity index (χ1v) is 10.4. The van der Waals surface area contributed by atoms with E-state index >= 15 is 0 Å². The summed E-state index contributed by atoms with van der Waals surface area (Å²) in [6, 6.07) is 11.4. The van der Waals surface area contributed by atoms with Crippen molar-refractivity contribution in [2.24, 2.45) is 5.14 Å². The number of aryl methyl sites for hydroxylation is 2. The van der Waals surface area contributed by atoms with E-state index in [0.717, 1.165) is 24.8 Å². The van der Waals surface area contributed by atoms with Crippen LogP contribution in [0.25, 0.3) is 0 Å². The molecule has 0 radical (unpaired) electrons. The standard InChI is InChI=1S/C20H24N2O5S/c1-3-4-5-15-7-9-16(10-8-15)20(24)27-13-19(23)22-17-11-6-14(2)18(12-17)28(21,25)26/h6-12H,3-5,13H2,1-2H3,(H,22,23)(H2,21,25,26). The maximum Gasteiger partial charge on any atom is 0.338 e. The second kappa shape index (κ2) is 9.48. The van der Waals surface area contributed by atoms with Gasteiger partial charge in [-0.1, -0.05) is 31.5 Å². The first-order chi connectivity index (χ1) is 13.2. The zero-order chi connectivity index (χ0) is 20.7. The topological polar surface area (TPSA) is 116 Å². The Hall–Kier alpha value is -2.71. The summed E-state index contributed by atoms with van der Waals surface area (Å²) in [5.41, 5.74) is 2.21. The van der Waals surface area contributed by atoms with E-state index in [4.69, 9.17) is 9.88 Å². The summed E-state index contributed by atoms with van der Waals surface area (Å²) < 4.78 is 28.1. The molecule has 2 aromatic carbocycles. The van der Waals surface area contributed by atoms with Crippen molar-refractivity contribution in [2.75, 3.05) is 11.9 Å². The third-order valence-electron chi connectivity index (χ3n) is 4.12. The molecular formula is C20H24N2O5S. The van der Waals surface area contributed by atoms with Gasteiger partial charge in [-0.2, -0.15) is 0 Å². The van der Waals surface area contributed by atoms with Crippen LogP contribution in [0.2, 0.25) is 0 Å². The highest BCUT2D eigenvalue weighted by Crippen LogP contribution is 2.19. The van der Waals surface area contributed by atoms with E-state index in [-0.39, 0.29) is 10.6 Å². The summed E-state index contributed by atoms with van der Waals surface area (Å²) in [7, 11) is -3.90. The molecule has 0 unspecified atom stereocenters. The Balaban J connectivity index is 1.92. The number of nitrogens with one attached hydrogen (secondary N) is 1. The van der Waals surface area contributed by atoms with Gasteiger partial charge in [0.15, 0.2) is 6.61 Å². The van der Waals surface area contributed by atoms with Crippen LogP contribution in [0.15, 0.2) is 47.4 Å². The lowest BCUT2D eigenvalue weighted by Crippen LogP contribution is -2.21. The van der Waals surface area contributed by atoms with Gasteiger partial charge in [0.05, 0.1) is 10.5 Å². The predicted molar refractivity (Wildman–Crippen MR) is 107 cm³/mol. The molecule has 2 aromatic rings. The number of benzene rings is 2. The van der Waals surface area contributed by atoms with Crippen LogP contribution >= 0.6 is 0 Å². The Bertz CT molecular complexity index is 953. The molecule has 7 nitrogen and oxygen atoms in total. The van der Waals surface area contributed by atoms with Gasteiger partial charge in [-0.15, -0.1) is 0 Å². The molecule has 0 atom stereocenters. The number of carbonyl (C=O) groups excluding carboxylic acids is 2. The molecule has 0 fully saturated rings. The van der Waals surface area contributed by atoms with E-state index in [2.05, 4.69) is 12.2 Å². The average Bonchev–Trinajstić information content (AvgIpc) is 2.65. The number of primary sulfonamides is 1. The third-order valence-corrected chi connectivity index (χ3v) is 5.17. The molecule has 2 rings (SSSR count). The monoisotopic (exact) mass is 404 g/mol. The van der Waals surface area contributed by atoms with Crippen molar-refractivity contribution in [2.45, 2.75) is 38.0 Å². The summed E-state index contributed by atoms with van der Waals surface area (Å²) in [5.74, 6) is -1.19. The largest absolute Gasteiger partial charge is 0.452 e. The van der Waals surface area contributed by atoms with E-state index in [9.17, 15) is 18.0 Å². The van der Waals surface area contributed by atoms with Gasteiger partial charge in [0.1, 0.15) is 0 Å². The Morgan fingerprint density at radius 1 is 1.11 bits per heavy atom. The summed E-state index contributed by atoms with van der Waals surface area (Å²) in [5, 5.41) is 7.63. The molecule has 8 heteroatoms. The van der Waals surface area contributed by atoms with Crippen molar-refractivity contribution in [3.8, 4) is 0 Å². The number of sulfonamides is 1. The lowest BCUT2D eigenvalue weighted by Gasteiger charge is -2.09. The Kier molecular flexibility index (Phi) is 7.31. The minimum atomic E-state index is -3.90. The highest BCUT2D eigenvalue weighted by molar-refractivity contribution is 7.89. The Labute approximate surface area is 164 Å². The van der Waals surface area contributed by atoms with Gasteiger partial charge in [-0.05, 0) is 55.2 Å². The lowest BCUT2D eigenvalue weighted by molar-refractivity contribution is -0.119. The molecule has 150 valence electrons. The summed E-state index contributed by atoms with van der Waals surface area (Å²) >= 11 is 0. The molecule has 0 aliphatic heterocycles. The number of esters is 1. The van der Waals surface area contributed by atoms with E-state index < -0.39 is 28.5 Å². The first kappa shape index (κ1) is 21.6. The normalized spacial score (nSPS) is 11.1. The number of hydrogen-bond donors (Lipinski definition) is 2. The van der Waals surface area contributed by atoms with Crippen LogP contribution in [-0.4, -0.2) is 26.9 Å². The molecule has 3 N–H and O–H groups in total. The minimum Gasteiger partial charge on any atom is -0.452 e. The number of rotatable bonds is 8. The molecule has 28 heavy (non-hydrogen) atoms. The van der Waals surface area contributed by atoms with Crippen molar-refractivity contribution in [1.82, 2.24) is 0 Å². The highest BCUT2D eigenvalue weighted by atomic mass is 32.2. The molecule has 0 saturated carbocycles. The molecule has 0 spiro atoms. The van der Waals surface area contributed by atoms with Crippen LogP contribution in [-0.2, 0) is 26.0 Å². The quantitative estimate of drug-likeness (QED) is 0.657. The van der Waals surface area contributed by atoms with E-state index in [1.54, 1.807) is 25.1 Å². The predicted octanol–water partition coefficient (Wildman–Crippen LogP) is 2.78. The maximum atomic E-state index is 12.1. The number of carbonyl (C=O) groups is 2. The Morgan fingerprint density at radius 2 is 1.79 bits per heavy atom. The lowest BCUT2D eigenvalue weighted by atomic mass is 10.1. The molecule has 0 bridgehead atoms. The number of anilines is 1. The fourth-order valence-electron chi connectivity index (χ4n) is 2.58. The van der Waals surface area contributed by atoms with Crippen molar-refractivity contribution in [1.29, 1.82) is 0 Å². The number of unbranched alkanes of at least 4 members (excludes halogenated alkanes) is 1. The fourth-order valence-corrected chi connectivity index (χ4v) is 3.39. The average molecular weight is 404 g/mol. The minimum absolute atomic E-state index is 0.0783. The molecule has 0 saturated heterocycles. The second-order valence-electron chi connectivity index (χ2n) is 6.45. The van der Waals surface area contributed by atoms with Crippen molar-refractivity contribution >= 4 is 27.6 Å². The van der Waals surface area contributed by atoms with Crippen molar-refractivity contribution in [3.05, 3.63) is 59.2 Å². The highest BCUT2D eigenvalue weighted by Gasteiger charge is 2.14. The third kappa shape index (κ3) is 6.17. The zero-order valence-corrected chi connectivity index (χ0v) is 16.7. The SMILES string of the molecule is CCCCc1ccc(C(=O)OCC(=O)Nc2ccc(C)c(S(N)(=O)=O)c2)cc1. The maximum absolute atomic E-state index is 12.1. The van der Waals surface area contributed by atoms with Gasteiger partial charge in [0.25, 0.3) is 5.91 Å². The summed E-state index contributed by atoms with van der Waals surface area (Å²) in [6.45, 7) is 3.22. The van der Waals surface area contributed by atoms with Crippen LogP contribution in [0.5, 0.6) is 0 Å². The van der Waals surface area contributed by atoms with Crippen LogP contribution in [0.1, 0.15) is 41.3 Å². The molecule has 0 heterocycles. The van der Waals surface area contributed by atoms with Gasteiger partial charge < -0.3 is 10.1 Å². The van der Waals surface area contributed by atoms with Crippen molar-refractivity contribution < 1.29 is 22.7 Å². The first-order valence-electron chi connectivity index (χ1n) is 8.90. The molecule has 0 aliphatic carbocycles. The smallest absolute Gasteiger partial charge is 0.338 e. The fraction of sp³-hybridized carbons (Fsp3) is 0.300. The van der Waals surface area contributed by atoms with Gasteiger partial charge in [0, 0.05) is 5.69 Å². The van der Waals surface area contributed by atoms with Crippen LogP contribution in [0, 0.1) is 6.92 Å². The summed E-state index contributed by atoms with van der Waals surface area (Å²) in [6.07, 6.45) is 3.13. The second-order valence-corrected chi connectivity index (χ2v) is 7.98. The number of nitrogens with two attached hydrogens (primary N) is 1. The number of hydrogen-bond acceptors (Lipinski definition) is 5. The summed E-state index contributed by atoms with van der Waals surface area (Å²) in [4.78, 5) is 24.0. The van der Waals surface area contributed by atoms with Gasteiger partial charge in [-0.3, -0.25) is 4.79 Å². The Morgan fingerprint density at radius 3 is 2.39 bits per heavy atom. The van der Waals surface area contributed by atoms with E-state index in [0.29, 0.717) is 11.1 Å².